The first kappa shape index (κ1) is 18.7. The summed E-state index contributed by atoms with van der Waals surface area (Å²) in [5.41, 5.74) is 1.29. The molecule has 134 valence electrons. The molecule has 0 radical (unpaired) electrons. The Kier molecular flexibility index (Phi) is 6.06. The number of esters is 1. The Hall–Kier alpha value is -3.67. The monoisotopic (exact) mass is 356 g/mol. The standard InChI is InChI=1S/C17H16N4O5/c1-25-15-6-4-12(10-14(15)21(23)24)17-13(5-7-16(22)26-2)11-20(19-17)9-3-8-18/h4-7,10-11H,3,9H2,1-2H3/b7-5+. The summed E-state index contributed by atoms with van der Waals surface area (Å²) in [4.78, 5) is 22.0. The lowest BCUT2D eigenvalue weighted by molar-refractivity contribution is -0.385. The Morgan fingerprint density at radius 1 is 1.46 bits per heavy atom. The summed E-state index contributed by atoms with van der Waals surface area (Å²) in [6.45, 7) is 0.355. The molecule has 0 amide bonds. The molecule has 0 saturated heterocycles. The molecule has 0 aliphatic carbocycles. The number of aryl methyl sites for hydroxylation is 1. The van der Waals surface area contributed by atoms with E-state index in [1.54, 1.807) is 16.9 Å². The molecule has 0 aliphatic heterocycles. The SMILES string of the molecule is COC(=O)/C=C/c1cn(CCC#N)nc1-c1ccc(OC)c([N+](=O)[O-])c1. The average Bonchev–Trinajstić information content (AvgIpc) is 3.06. The van der Waals surface area contributed by atoms with Crippen LogP contribution in [-0.2, 0) is 16.1 Å². The minimum absolute atomic E-state index is 0.134. The van der Waals surface area contributed by atoms with Gasteiger partial charge >= 0.3 is 11.7 Å². The molecule has 1 aromatic carbocycles. The molecule has 9 nitrogen and oxygen atoms in total. The number of hydrogen-bond donors (Lipinski definition) is 0. The van der Waals surface area contributed by atoms with Crippen molar-refractivity contribution in [2.75, 3.05) is 14.2 Å². The maximum absolute atomic E-state index is 11.4. The van der Waals surface area contributed by atoms with Gasteiger partial charge in [-0.25, -0.2) is 4.79 Å². The first-order valence-corrected chi connectivity index (χ1v) is 7.53. The number of aromatic nitrogens is 2. The van der Waals surface area contributed by atoms with Gasteiger partial charge in [0.1, 0.15) is 0 Å². The molecule has 1 heterocycles. The number of carbonyl (C=O) groups is 1. The number of nitro groups is 1. The van der Waals surface area contributed by atoms with Crippen LogP contribution in [0.25, 0.3) is 17.3 Å². The highest BCUT2D eigenvalue weighted by Crippen LogP contribution is 2.33. The summed E-state index contributed by atoms with van der Waals surface area (Å²) in [5, 5.41) is 24.3. The third-order valence-corrected chi connectivity index (χ3v) is 3.49. The third-order valence-electron chi connectivity index (χ3n) is 3.49. The van der Waals surface area contributed by atoms with Crippen molar-refractivity contribution in [2.24, 2.45) is 0 Å². The van der Waals surface area contributed by atoms with E-state index in [1.807, 2.05) is 6.07 Å². The van der Waals surface area contributed by atoms with Gasteiger partial charge in [0.15, 0.2) is 5.75 Å². The van der Waals surface area contributed by atoms with Crippen LogP contribution in [0.1, 0.15) is 12.0 Å². The molecule has 0 saturated carbocycles. The second-order valence-electron chi connectivity index (χ2n) is 5.10. The van der Waals surface area contributed by atoms with Gasteiger partial charge in [-0.2, -0.15) is 10.4 Å². The lowest BCUT2D eigenvalue weighted by Crippen LogP contribution is -1.98. The summed E-state index contributed by atoms with van der Waals surface area (Å²) in [7, 11) is 2.61. The van der Waals surface area contributed by atoms with E-state index in [-0.39, 0.29) is 17.9 Å². The molecule has 0 atom stereocenters. The quantitative estimate of drug-likeness (QED) is 0.323. The first-order valence-electron chi connectivity index (χ1n) is 7.53. The molecule has 0 N–H and O–H groups in total. The molecule has 0 fully saturated rings. The van der Waals surface area contributed by atoms with E-state index < -0.39 is 10.9 Å². The maximum atomic E-state index is 11.4. The summed E-state index contributed by atoms with van der Waals surface area (Å²) in [6.07, 6.45) is 4.65. The molecule has 1 aromatic heterocycles. The molecule has 0 bridgehead atoms. The molecular weight excluding hydrogens is 340 g/mol. The van der Waals surface area contributed by atoms with Gasteiger partial charge in [0.2, 0.25) is 0 Å². The number of benzene rings is 1. The molecular formula is C17H16N4O5. The van der Waals surface area contributed by atoms with E-state index in [0.717, 1.165) is 0 Å². The molecule has 26 heavy (non-hydrogen) atoms. The van der Waals surface area contributed by atoms with Crippen LogP contribution in [0, 0.1) is 21.4 Å². The Bertz CT molecular complexity index is 895. The van der Waals surface area contributed by atoms with Crippen LogP contribution in [-0.4, -0.2) is 34.9 Å². The van der Waals surface area contributed by atoms with Crippen LogP contribution in [0.3, 0.4) is 0 Å². The number of carbonyl (C=O) groups excluding carboxylic acids is 1. The maximum Gasteiger partial charge on any atom is 0.330 e. The topological polar surface area (TPSA) is 120 Å². The van der Waals surface area contributed by atoms with Crippen molar-refractivity contribution < 1.29 is 19.2 Å². The number of nitro benzene ring substituents is 1. The number of hydrogen-bond acceptors (Lipinski definition) is 7. The van der Waals surface area contributed by atoms with E-state index in [9.17, 15) is 14.9 Å². The van der Waals surface area contributed by atoms with Gasteiger partial charge in [-0.3, -0.25) is 14.8 Å². The zero-order valence-corrected chi connectivity index (χ0v) is 14.2. The van der Waals surface area contributed by atoms with E-state index in [2.05, 4.69) is 9.84 Å². The largest absolute Gasteiger partial charge is 0.490 e. The molecule has 2 rings (SSSR count). The Morgan fingerprint density at radius 2 is 2.23 bits per heavy atom. The van der Waals surface area contributed by atoms with E-state index in [0.29, 0.717) is 23.4 Å². The highest BCUT2D eigenvalue weighted by Gasteiger charge is 2.18. The first-order chi connectivity index (χ1) is 12.5. The lowest BCUT2D eigenvalue weighted by Gasteiger charge is -2.04. The van der Waals surface area contributed by atoms with Gasteiger partial charge in [-0.05, 0) is 18.2 Å². The number of methoxy groups -OCH3 is 2. The average molecular weight is 356 g/mol. The number of nitrogens with zero attached hydrogens (tertiary/aromatic N) is 4. The van der Waals surface area contributed by atoms with E-state index in [4.69, 9.17) is 10.00 Å². The summed E-state index contributed by atoms with van der Waals surface area (Å²) in [5.74, 6) is -0.407. The highest BCUT2D eigenvalue weighted by molar-refractivity contribution is 5.88. The second kappa shape index (κ2) is 8.43. The normalized spacial score (nSPS) is 10.5. The fourth-order valence-corrected chi connectivity index (χ4v) is 2.27. The minimum Gasteiger partial charge on any atom is -0.490 e. The zero-order valence-electron chi connectivity index (χ0n) is 14.2. The number of rotatable bonds is 7. The van der Waals surface area contributed by atoms with Gasteiger partial charge in [0.25, 0.3) is 0 Å². The van der Waals surface area contributed by atoms with Crippen molar-refractivity contribution in [2.45, 2.75) is 13.0 Å². The van der Waals surface area contributed by atoms with Crippen LogP contribution in [0.2, 0.25) is 0 Å². The van der Waals surface area contributed by atoms with Crippen molar-refractivity contribution in [3.8, 4) is 23.1 Å². The minimum atomic E-state index is -0.543. The number of ether oxygens (including phenoxy) is 2. The molecule has 0 unspecified atom stereocenters. The second-order valence-corrected chi connectivity index (χ2v) is 5.10. The smallest absolute Gasteiger partial charge is 0.330 e. The Morgan fingerprint density at radius 3 is 2.85 bits per heavy atom. The molecule has 9 heteroatoms. The van der Waals surface area contributed by atoms with Gasteiger partial charge in [-0.15, -0.1) is 0 Å². The third kappa shape index (κ3) is 4.24. The van der Waals surface area contributed by atoms with Gasteiger partial charge in [-0.1, -0.05) is 0 Å². The van der Waals surface area contributed by atoms with Crippen LogP contribution >= 0.6 is 0 Å². The zero-order chi connectivity index (χ0) is 19.1. The van der Waals surface area contributed by atoms with Crippen molar-refractivity contribution >= 4 is 17.7 Å². The van der Waals surface area contributed by atoms with E-state index in [1.165, 1.54) is 38.5 Å². The van der Waals surface area contributed by atoms with Gasteiger partial charge < -0.3 is 9.47 Å². The summed E-state index contributed by atoms with van der Waals surface area (Å²) < 4.78 is 11.1. The van der Waals surface area contributed by atoms with Crippen molar-refractivity contribution in [1.82, 2.24) is 9.78 Å². The van der Waals surface area contributed by atoms with Crippen molar-refractivity contribution in [1.29, 1.82) is 5.26 Å². The summed E-state index contributed by atoms with van der Waals surface area (Å²) >= 11 is 0. The van der Waals surface area contributed by atoms with Crippen LogP contribution < -0.4 is 4.74 Å². The highest BCUT2D eigenvalue weighted by atomic mass is 16.6. The molecule has 2 aromatic rings. The fourth-order valence-electron chi connectivity index (χ4n) is 2.27. The Balaban J connectivity index is 2.52. The molecule has 0 spiro atoms. The van der Waals surface area contributed by atoms with Crippen LogP contribution in [0.4, 0.5) is 5.69 Å². The van der Waals surface area contributed by atoms with E-state index >= 15 is 0 Å². The predicted molar refractivity (Wildman–Crippen MR) is 92.1 cm³/mol. The number of nitriles is 1. The van der Waals surface area contributed by atoms with Crippen molar-refractivity contribution in [3.63, 3.8) is 0 Å². The lowest BCUT2D eigenvalue weighted by atomic mass is 10.1. The summed E-state index contributed by atoms with van der Waals surface area (Å²) in [6, 6.07) is 6.50. The van der Waals surface area contributed by atoms with Crippen molar-refractivity contribution in [3.05, 3.63) is 46.1 Å². The van der Waals surface area contributed by atoms with Crippen LogP contribution in [0.5, 0.6) is 5.75 Å². The Labute approximate surface area is 149 Å². The predicted octanol–water partition coefficient (Wildman–Crippen LogP) is 2.57. The van der Waals surface area contributed by atoms with Crippen LogP contribution in [0.15, 0.2) is 30.5 Å². The van der Waals surface area contributed by atoms with Gasteiger partial charge in [0, 0.05) is 29.5 Å². The molecule has 0 aliphatic rings. The van der Waals surface area contributed by atoms with Gasteiger partial charge in [0.05, 0.1) is 43.9 Å². The fraction of sp³-hybridized carbons (Fsp3) is 0.235.